The van der Waals surface area contributed by atoms with Crippen LogP contribution >= 0.6 is 0 Å². The van der Waals surface area contributed by atoms with Gasteiger partial charge in [0.05, 0.1) is 6.54 Å². The monoisotopic (exact) mass is 393 g/mol. The number of carbonyl (C=O) groups excluding carboxylic acids is 2. The van der Waals surface area contributed by atoms with Gasteiger partial charge in [0.25, 0.3) is 0 Å². The van der Waals surface area contributed by atoms with Gasteiger partial charge in [-0.05, 0) is 59.8 Å². The van der Waals surface area contributed by atoms with Crippen molar-refractivity contribution in [1.82, 2.24) is 25.3 Å². The maximum absolute atomic E-state index is 12.8. The van der Waals surface area contributed by atoms with E-state index >= 15 is 0 Å². The van der Waals surface area contributed by atoms with Crippen molar-refractivity contribution in [2.75, 3.05) is 45.8 Å². The van der Waals surface area contributed by atoms with Gasteiger partial charge in [0.15, 0.2) is 0 Å². The highest BCUT2D eigenvalue weighted by Gasteiger charge is 2.38. The number of piperazine rings is 1. The van der Waals surface area contributed by atoms with Crippen LogP contribution in [0.2, 0.25) is 0 Å². The van der Waals surface area contributed by atoms with Crippen LogP contribution in [0.1, 0.15) is 59.8 Å². The lowest BCUT2D eigenvalue weighted by Gasteiger charge is -2.47. The highest BCUT2D eigenvalue weighted by Crippen LogP contribution is 2.28. The quantitative estimate of drug-likeness (QED) is 0.765. The van der Waals surface area contributed by atoms with E-state index in [1.807, 2.05) is 9.80 Å². The lowest BCUT2D eigenvalue weighted by atomic mass is 9.80. The highest BCUT2D eigenvalue weighted by atomic mass is 16.2. The van der Waals surface area contributed by atoms with E-state index in [-0.39, 0.29) is 29.1 Å². The van der Waals surface area contributed by atoms with Crippen LogP contribution in [0.5, 0.6) is 0 Å². The Balaban J connectivity index is 1.43. The van der Waals surface area contributed by atoms with Gasteiger partial charge >= 0.3 is 6.03 Å². The van der Waals surface area contributed by atoms with Gasteiger partial charge in [-0.15, -0.1) is 0 Å². The number of urea groups is 1. The van der Waals surface area contributed by atoms with Gasteiger partial charge in [0.2, 0.25) is 5.91 Å². The fourth-order valence-corrected chi connectivity index (χ4v) is 5.23. The van der Waals surface area contributed by atoms with Crippen molar-refractivity contribution in [3.05, 3.63) is 0 Å². The average molecular weight is 394 g/mol. The van der Waals surface area contributed by atoms with Crippen molar-refractivity contribution in [2.45, 2.75) is 76.9 Å². The molecular formula is C21H39N5O2. The van der Waals surface area contributed by atoms with Gasteiger partial charge < -0.3 is 20.4 Å². The van der Waals surface area contributed by atoms with Crippen LogP contribution in [0.15, 0.2) is 0 Å². The Morgan fingerprint density at radius 3 is 2.00 bits per heavy atom. The zero-order valence-corrected chi connectivity index (χ0v) is 18.2. The topological polar surface area (TPSA) is 67.9 Å². The minimum Gasteiger partial charge on any atom is -0.342 e. The molecule has 7 heteroatoms. The first-order valence-electron chi connectivity index (χ1n) is 11.0. The minimum atomic E-state index is 0.0210. The Morgan fingerprint density at radius 2 is 1.43 bits per heavy atom. The van der Waals surface area contributed by atoms with E-state index in [1.54, 1.807) is 0 Å². The molecule has 3 aliphatic heterocycles. The van der Waals surface area contributed by atoms with Crippen LogP contribution in [0, 0.1) is 0 Å². The number of carbonyl (C=O) groups is 2. The Kier molecular flexibility index (Phi) is 6.54. The number of hydrogen-bond donors (Lipinski definition) is 2. The molecule has 28 heavy (non-hydrogen) atoms. The fraction of sp³-hybridized carbons (Fsp3) is 0.905. The summed E-state index contributed by atoms with van der Waals surface area (Å²) in [6.07, 6.45) is 5.37. The van der Waals surface area contributed by atoms with Gasteiger partial charge in [-0.3, -0.25) is 9.69 Å². The zero-order valence-electron chi connectivity index (χ0n) is 18.2. The molecule has 0 saturated carbocycles. The highest BCUT2D eigenvalue weighted by molar-refractivity contribution is 5.78. The summed E-state index contributed by atoms with van der Waals surface area (Å²) in [6.45, 7) is 14.0. The predicted molar refractivity (Wildman–Crippen MR) is 111 cm³/mol. The first kappa shape index (κ1) is 21.4. The molecule has 0 aliphatic carbocycles. The molecule has 3 saturated heterocycles. The summed E-state index contributed by atoms with van der Waals surface area (Å²) < 4.78 is 0. The summed E-state index contributed by atoms with van der Waals surface area (Å²) in [5.41, 5.74) is 0.0421. The summed E-state index contributed by atoms with van der Waals surface area (Å²) in [5.74, 6) is 0.247. The number of nitrogens with zero attached hydrogens (tertiary/aromatic N) is 3. The van der Waals surface area contributed by atoms with E-state index in [2.05, 4.69) is 43.2 Å². The van der Waals surface area contributed by atoms with Gasteiger partial charge in [0, 0.05) is 56.4 Å². The van der Waals surface area contributed by atoms with E-state index in [9.17, 15) is 9.59 Å². The summed E-state index contributed by atoms with van der Waals surface area (Å²) in [7, 11) is 0. The van der Waals surface area contributed by atoms with Gasteiger partial charge in [0.1, 0.15) is 0 Å². The Labute approximate surface area is 170 Å². The Bertz CT molecular complexity index is 547. The smallest absolute Gasteiger partial charge is 0.317 e. The molecule has 3 aliphatic rings. The van der Waals surface area contributed by atoms with Crippen molar-refractivity contribution >= 4 is 11.9 Å². The Morgan fingerprint density at radius 1 is 0.857 bits per heavy atom. The lowest BCUT2D eigenvalue weighted by molar-refractivity contribution is -0.133. The molecule has 0 unspecified atom stereocenters. The molecule has 0 aromatic heterocycles. The van der Waals surface area contributed by atoms with Crippen molar-refractivity contribution in [2.24, 2.45) is 0 Å². The van der Waals surface area contributed by atoms with Crippen molar-refractivity contribution in [1.29, 1.82) is 0 Å². The molecule has 0 aromatic carbocycles. The summed E-state index contributed by atoms with van der Waals surface area (Å²) in [4.78, 5) is 31.3. The molecule has 3 fully saturated rings. The van der Waals surface area contributed by atoms with Crippen molar-refractivity contribution in [3.63, 3.8) is 0 Å². The molecule has 0 radical (unpaired) electrons. The second-order valence-corrected chi connectivity index (χ2v) is 10.2. The van der Waals surface area contributed by atoms with Crippen LogP contribution in [0.4, 0.5) is 4.79 Å². The average Bonchev–Trinajstić information content (AvgIpc) is 2.60. The number of piperidine rings is 2. The van der Waals surface area contributed by atoms with Crippen LogP contribution in [0.25, 0.3) is 0 Å². The number of amides is 3. The third-order valence-corrected chi connectivity index (χ3v) is 6.24. The zero-order chi connectivity index (χ0) is 20.4. The van der Waals surface area contributed by atoms with Crippen LogP contribution in [0.3, 0.4) is 0 Å². The maximum Gasteiger partial charge on any atom is 0.317 e. The molecule has 160 valence electrons. The fourth-order valence-electron chi connectivity index (χ4n) is 5.23. The number of rotatable bonds is 3. The SMILES string of the molecule is CC1(C)CC(NC(=O)N2CCN(CC(=O)N3CCCCC3)CC2)CC(C)(C)N1. The second-order valence-electron chi connectivity index (χ2n) is 10.2. The largest absolute Gasteiger partial charge is 0.342 e. The minimum absolute atomic E-state index is 0.0210. The third-order valence-electron chi connectivity index (χ3n) is 6.24. The molecule has 3 amide bonds. The Hall–Kier alpha value is -1.34. The van der Waals surface area contributed by atoms with Gasteiger partial charge in [-0.2, -0.15) is 0 Å². The van der Waals surface area contributed by atoms with Crippen LogP contribution in [-0.2, 0) is 4.79 Å². The van der Waals surface area contributed by atoms with E-state index in [0.29, 0.717) is 19.6 Å². The number of likely N-dealkylation sites (tertiary alicyclic amines) is 1. The van der Waals surface area contributed by atoms with Crippen LogP contribution in [-0.4, -0.2) is 89.6 Å². The first-order valence-corrected chi connectivity index (χ1v) is 11.0. The predicted octanol–water partition coefficient (Wildman–Crippen LogP) is 1.64. The summed E-state index contributed by atoms with van der Waals surface area (Å²) in [6, 6.07) is 0.234. The third kappa shape index (κ3) is 5.83. The van der Waals surface area contributed by atoms with Crippen LogP contribution < -0.4 is 10.6 Å². The molecule has 3 rings (SSSR count). The number of nitrogens with one attached hydrogen (secondary N) is 2. The maximum atomic E-state index is 12.8. The molecule has 7 nitrogen and oxygen atoms in total. The summed E-state index contributed by atoms with van der Waals surface area (Å²) >= 11 is 0. The van der Waals surface area contributed by atoms with Crippen molar-refractivity contribution in [3.8, 4) is 0 Å². The van der Waals surface area contributed by atoms with E-state index < -0.39 is 0 Å². The standard InChI is InChI=1S/C21H39N5O2/c1-20(2)14-17(15-21(3,4)23-20)22-19(28)26-12-10-24(11-13-26)16-18(27)25-8-6-5-7-9-25/h17,23H,5-16H2,1-4H3,(H,22,28). The molecule has 0 aromatic rings. The van der Waals surface area contributed by atoms with E-state index in [0.717, 1.165) is 51.9 Å². The molecule has 0 atom stereocenters. The van der Waals surface area contributed by atoms with E-state index in [4.69, 9.17) is 0 Å². The van der Waals surface area contributed by atoms with E-state index in [1.165, 1.54) is 6.42 Å². The molecule has 0 spiro atoms. The normalized spacial score (nSPS) is 26.1. The second kappa shape index (κ2) is 8.57. The molecule has 2 N–H and O–H groups in total. The van der Waals surface area contributed by atoms with Gasteiger partial charge in [-0.1, -0.05) is 0 Å². The molecular weight excluding hydrogens is 354 g/mol. The lowest BCUT2D eigenvalue weighted by Crippen LogP contribution is -2.63. The van der Waals surface area contributed by atoms with Gasteiger partial charge in [-0.25, -0.2) is 4.79 Å². The molecule has 3 heterocycles. The molecule has 0 bridgehead atoms. The summed E-state index contributed by atoms with van der Waals surface area (Å²) in [5, 5.41) is 6.92. The first-order chi connectivity index (χ1) is 13.1. The van der Waals surface area contributed by atoms with Crippen molar-refractivity contribution < 1.29 is 9.59 Å². The number of hydrogen-bond acceptors (Lipinski definition) is 4.